The Labute approximate surface area is 119 Å². The molecule has 2 aromatic heterocycles. The van der Waals surface area contributed by atoms with Gasteiger partial charge < -0.3 is 5.11 Å². The SMILES string of the molecule is Cc1cc(S(=O)(=O)Nc2ncccc2Cl)sc1CO. The highest BCUT2D eigenvalue weighted by Gasteiger charge is 2.20. The van der Waals surface area contributed by atoms with Gasteiger partial charge in [-0.3, -0.25) is 4.72 Å². The predicted molar refractivity (Wildman–Crippen MR) is 75.0 cm³/mol. The van der Waals surface area contributed by atoms with E-state index >= 15 is 0 Å². The topological polar surface area (TPSA) is 79.3 Å². The molecule has 102 valence electrons. The second-order valence-corrected chi connectivity index (χ2v) is 7.22. The summed E-state index contributed by atoms with van der Waals surface area (Å²) in [6, 6.07) is 4.67. The number of aliphatic hydroxyl groups excluding tert-OH is 1. The summed E-state index contributed by atoms with van der Waals surface area (Å²) in [5.41, 5.74) is 0.736. The molecule has 0 unspecified atom stereocenters. The van der Waals surface area contributed by atoms with Gasteiger partial charge in [0.05, 0.1) is 11.6 Å². The predicted octanol–water partition coefficient (Wildman–Crippen LogP) is 2.40. The number of pyridine rings is 1. The Bertz CT molecular complexity index is 698. The van der Waals surface area contributed by atoms with E-state index < -0.39 is 10.0 Å². The molecule has 0 saturated heterocycles. The normalized spacial score (nSPS) is 11.5. The van der Waals surface area contributed by atoms with Gasteiger partial charge in [0.2, 0.25) is 0 Å². The third-order valence-electron chi connectivity index (χ3n) is 2.40. The van der Waals surface area contributed by atoms with E-state index in [2.05, 4.69) is 9.71 Å². The molecule has 19 heavy (non-hydrogen) atoms. The number of anilines is 1. The molecule has 0 aliphatic heterocycles. The number of rotatable bonds is 4. The van der Waals surface area contributed by atoms with Gasteiger partial charge in [0.25, 0.3) is 10.0 Å². The summed E-state index contributed by atoms with van der Waals surface area (Å²) in [4.78, 5) is 4.49. The van der Waals surface area contributed by atoms with Gasteiger partial charge in [-0.1, -0.05) is 11.6 Å². The van der Waals surface area contributed by atoms with Crippen LogP contribution >= 0.6 is 22.9 Å². The number of aromatic nitrogens is 1. The lowest BCUT2D eigenvalue weighted by Crippen LogP contribution is -2.12. The first-order valence-corrected chi connectivity index (χ1v) is 7.95. The number of aryl methyl sites for hydroxylation is 1. The van der Waals surface area contributed by atoms with Crippen LogP contribution in [0.2, 0.25) is 5.02 Å². The summed E-state index contributed by atoms with van der Waals surface area (Å²) >= 11 is 6.88. The number of halogens is 1. The molecule has 0 atom stereocenters. The zero-order chi connectivity index (χ0) is 14.0. The Balaban J connectivity index is 2.35. The molecule has 2 aromatic rings. The average molecular weight is 319 g/mol. The molecule has 0 amide bonds. The first-order valence-electron chi connectivity index (χ1n) is 5.27. The lowest BCUT2D eigenvalue weighted by molar-refractivity contribution is 0.285. The van der Waals surface area contributed by atoms with Gasteiger partial charge in [-0.25, -0.2) is 13.4 Å². The van der Waals surface area contributed by atoms with Gasteiger partial charge in [0, 0.05) is 11.1 Å². The number of nitrogens with zero attached hydrogens (tertiary/aromatic N) is 1. The van der Waals surface area contributed by atoms with Gasteiger partial charge in [-0.05, 0) is 30.7 Å². The van der Waals surface area contributed by atoms with Gasteiger partial charge in [-0.2, -0.15) is 0 Å². The summed E-state index contributed by atoms with van der Waals surface area (Å²) < 4.78 is 26.8. The molecular formula is C11H11ClN2O3S2. The zero-order valence-electron chi connectivity index (χ0n) is 9.92. The van der Waals surface area contributed by atoms with Crippen molar-refractivity contribution in [2.24, 2.45) is 0 Å². The van der Waals surface area contributed by atoms with Gasteiger partial charge in [0.15, 0.2) is 5.82 Å². The van der Waals surface area contributed by atoms with E-state index in [4.69, 9.17) is 16.7 Å². The minimum absolute atomic E-state index is 0.0840. The Morgan fingerprint density at radius 2 is 2.26 bits per heavy atom. The van der Waals surface area contributed by atoms with E-state index in [0.29, 0.717) is 4.88 Å². The lowest BCUT2D eigenvalue weighted by Gasteiger charge is -2.06. The molecular weight excluding hydrogens is 308 g/mol. The number of hydrogen-bond donors (Lipinski definition) is 2. The maximum Gasteiger partial charge on any atom is 0.272 e. The van der Waals surface area contributed by atoms with Crippen LogP contribution in [0.5, 0.6) is 0 Å². The highest BCUT2D eigenvalue weighted by molar-refractivity contribution is 7.94. The Kier molecular flexibility index (Phi) is 4.10. The van der Waals surface area contributed by atoms with Gasteiger partial charge in [0.1, 0.15) is 4.21 Å². The van der Waals surface area contributed by atoms with Gasteiger partial charge in [-0.15, -0.1) is 11.3 Å². The zero-order valence-corrected chi connectivity index (χ0v) is 12.3. The summed E-state index contributed by atoms with van der Waals surface area (Å²) in [5.74, 6) is 0.0840. The van der Waals surface area contributed by atoms with Crippen molar-refractivity contribution in [3.05, 3.63) is 39.9 Å². The fourth-order valence-corrected chi connectivity index (χ4v) is 4.12. The van der Waals surface area contributed by atoms with Gasteiger partial charge >= 0.3 is 0 Å². The molecule has 8 heteroatoms. The van der Waals surface area contributed by atoms with E-state index in [1.54, 1.807) is 19.1 Å². The minimum atomic E-state index is -3.74. The van der Waals surface area contributed by atoms with Crippen molar-refractivity contribution in [1.82, 2.24) is 4.98 Å². The van der Waals surface area contributed by atoms with E-state index in [-0.39, 0.29) is 21.7 Å². The molecule has 0 aromatic carbocycles. The lowest BCUT2D eigenvalue weighted by atomic mass is 10.3. The summed E-state index contributed by atoms with van der Waals surface area (Å²) in [6.45, 7) is 1.56. The van der Waals surface area contributed by atoms with E-state index in [0.717, 1.165) is 16.9 Å². The van der Waals surface area contributed by atoms with Crippen LogP contribution in [0.4, 0.5) is 5.82 Å². The van der Waals surface area contributed by atoms with Crippen LogP contribution in [0.3, 0.4) is 0 Å². The van der Waals surface area contributed by atoms with Crippen molar-refractivity contribution in [1.29, 1.82) is 0 Å². The summed E-state index contributed by atoms with van der Waals surface area (Å²) in [6.07, 6.45) is 1.45. The molecule has 0 bridgehead atoms. The number of thiophene rings is 1. The van der Waals surface area contributed by atoms with Crippen LogP contribution in [0, 0.1) is 6.92 Å². The van der Waals surface area contributed by atoms with Crippen LogP contribution in [-0.4, -0.2) is 18.5 Å². The maximum atomic E-state index is 12.2. The monoisotopic (exact) mass is 318 g/mol. The standard InChI is InChI=1S/C11H11ClN2O3S2/c1-7-5-10(18-9(7)6-15)19(16,17)14-11-8(12)3-2-4-13-11/h2-5,15H,6H2,1H3,(H,13,14). The average Bonchev–Trinajstić information content (AvgIpc) is 2.74. The quantitative estimate of drug-likeness (QED) is 0.907. The number of nitrogens with one attached hydrogen (secondary N) is 1. The highest BCUT2D eigenvalue weighted by Crippen LogP contribution is 2.28. The first-order chi connectivity index (χ1) is 8.94. The van der Waals surface area contributed by atoms with Crippen LogP contribution in [-0.2, 0) is 16.6 Å². The third-order valence-corrected chi connectivity index (χ3v) is 5.74. The van der Waals surface area contributed by atoms with E-state index in [1.165, 1.54) is 12.3 Å². The minimum Gasteiger partial charge on any atom is -0.391 e. The molecule has 0 aliphatic rings. The van der Waals surface area contributed by atoms with Crippen molar-refractivity contribution in [2.45, 2.75) is 17.7 Å². The van der Waals surface area contributed by atoms with Crippen molar-refractivity contribution < 1.29 is 13.5 Å². The molecule has 0 aliphatic carbocycles. The van der Waals surface area contributed by atoms with Crippen molar-refractivity contribution in [3.8, 4) is 0 Å². The van der Waals surface area contributed by atoms with Crippen molar-refractivity contribution in [3.63, 3.8) is 0 Å². The second kappa shape index (κ2) is 5.46. The molecule has 2 heterocycles. The summed E-state index contributed by atoms with van der Waals surface area (Å²) in [5, 5.41) is 9.32. The number of aliphatic hydroxyl groups is 1. The van der Waals surface area contributed by atoms with Crippen molar-refractivity contribution >= 4 is 38.8 Å². The second-order valence-electron chi connectivity index (χ2n) is 3.77. The molecule has 0 saturated carbocycles. The molecule has 0 fully saturated rings. The molecule has 0 spiro atoms. The molecule has 0 radical (unpaired) electrons. The fourth-order valence-electron chi connectivity index (χ4n) is 1.42. The number of sulfonamides is 1. The molecule has 5 nitrogen and oxygen atoms in total. The Morgan fingerprint density at radius 1 is 1.53 bits per heavy atom. The van der Waals surface area contributed by atoms with Crippen LogP contribution < -0.4 is 4.72 Å². The highest BCUT2D eigenvalue weighted by atomic mass is 35.5. The van der Waals surface area contributed by atoms with Crippen LogP contribution in [0.1, 0.15) is 10.4 Å². The Morgan fingerprint density at radius 3 is 2.84 bits per heavy atom. The molecule has 2 N–H and O–H groups in total. The Hall–Kier alpha value is -1.15. The first kappa shape index (κ1) is 14.3. The smallest absolute Gasteiger partial charge is 0.272 e. The number of hydrogen-bond acceptors (Lipinski definition) is 5. The fraction of sp³-hybridized carbons (Fsp3) is 0.182. The van der Waals surface area contributed by atoms with Crippen LogP contribution in [0.25, 0.3) is 0 Å². The van der Waals surface area contributed by atoms with E-state index in [9.17, 15) is 8.42 Å². The maximum absolute atomic E-state index is 12.2. The van der Waals surface area contributed by atoms with Crippen molar-refractivity contribution in [2.75, 3.05) is 4.72 Å². The summed E-state index contributed by atoms with van der Waals surface area (Å²) in [7, 11) is -3.74. The van der Waals surface area contributed by atoms with Crippen LogP contribution in [0.15, 0.2) is 28.6 Å². The van der Waals surface area contributed by atoms with E-state index in [1.807, 2.05) is 0 Å². The third kappa shape index (κ3) is 3.06. The largest absolute Gasteiger partial charge is 0.391 e. The molecule has 2 rings (SSSR count).